The Morgan fingerprint density at radius 3 is 2.65 bits per heavy atom. The van der Waals surface area contributed by atoms with E-state index in [1.54, 1.807) is 6.20 Å². The van der Waals surface area contributed by atoms with Crippen molar-refractivity contribution in [2.75, 3.05) is 0 Å². The quantitative estimate of drug-likeness (QED) is 0.872. The molecule has 1 aliphatic rings. The Balaban J connectivity index is 1.90. The fourth-order valence-corrected chi connectivity index (χ4v) is 2.27. The van der Waals surface area contributed by atoms with E-state index in [2.05, 4.69) is 17.2 Å². The zero-order valence-corrected chi connectivity index (χ0v) is 9.71. The van der Waals surface area contributed by atoms with Gasteiger partial charge in [-0.15, -0.1) is 0 Å². The Labute approximate surface area is 101 Å². The molecule has 1 aromatic heterocycles. The first-order valence-corrected chi connectivity index (χ1v) is 6.08. The number of hydrogen-bond acceptors (Lipinski definition) is 2. The summed E-state index contributed by atoms with van der Waals surface area (Å²) in [6, 6.07) is 10.3. The highest BCUT2D eigenvalue weighted by atomic mass is 16.3. The van der Waals surface area contributed by atoms with Gasteiger partial charge in [0, 0.05) is 17.2 Å². The molecule has 88 valence electrons. The van der Waals surface area contributed by atoms with E-state index in [9.17, 15) is 5.11 Å². The number of nitrogens with zero attached hydrogens (tertiary/aromatic N) is 2. The van der Waals surface area contributed by atoms with Crippen LogP contribution in [0.2, 0.25) is 0 Å². The molecule has 1 aromatic carbocycles. The molecular weight excluding hydrogens is 212 g/mol. The van der Waals surface area contributed by atoms with Crippen molar-refractivity contribution in [3.63, 3.8) is 0 Å². The van der Waals surface area contributed by atoms with Gasteiger partial charge in [-0.05, 0) is 18.4 Å². The van der Waals surface area contributed by atoms with Gasteiger partial charge in [0.15, 0.2) is 0 Å². The fraction of sp³-hybridized carbons (Fsp3) is 0.357. The molecule has 0 aliphatic heterocycles. The van der Waals surface area contributed by atoms with E-state index in [0.717, 1.165) is 12.1 Å². The van der Waals surface area contributed by atoms with Crippen molar-refractivity contribution in [3.8, 4) is 0 Å². The summed E-state index contributed by atoms with van der Waals surface area (Å²) in [7, 11) is 0. The zero-order chi connectivity index (χ0) is 11.7. The monoisotopic (exact) mass is 228 g/mol. The number of aliphatic hydroxyl groups is 1. The van der Waals surface area contributed by atoms with Crippen LogP contribution >= 0.6 is 0 Å². The summed E-state index contributed by atoms with van der Waals surface area (Å²) >= 11 is 0. The summed E-state index contributed by atoms with van der Waals surface area (Å²) in [5.41, 5.74) is 3.47. The highest BCUT2D eigenvalue weighted by Gasteiger charge is 2.29. The summed E-state index contributed by atoms with van der Waals surface area (Å²) in [6.45, 7) is 0.896. The molecule has 1 saturated carbocycles. The van der Waals surface area contributed by atoms with E-state index in [1.165, 1.54) is 24.1 Å². The van der Waals surface area contributed by atoms with Crippen molar-refractivity contribution < 1.29 is 5.11 Å². The molecule has 3 rings (SSSR count). The van der Waals surface area contributed by atoms with Gasteiger partial charge in [-0.3, -0.25) is 4.68 Å². The molecule has 0 amide bonds. The summed E-state index contributed by atoms with van der Waals surface area (Å²) in [6.07, 6.45) is 4.26. The highest BCUT2D eigenvalue weighted by Crippen LogP contribution is 2.41. The molecule has 1 heterocycles. The van der Waals surface area contributed by atoms with Gasteiger partial charge >= 0.3 is 0 Å². The molecule has 1 fully saturated rings. The average molecular weight is 228 g/mol. The zero-order valence-electron chi connectivity index (χ0n) is 9.71. The Kier molecular flexibility index (Phi) is 2.69. The van der Waals surface area contributed by atoms with Crippen LogP contribution < -0.4 is 0 Å². The molecule has 1 N–H and O–H groups in total. The van der Waals surface area contributed by atoms with Gasteiger partial charge < -0.3 is 5.11 Å². The van der Waals surface area contributed by atoms with E-state index in [-0.39, 0.29) is 6.61 Å². The van der Waals surface area contributed by atoms with E-state index in [4.69, 9.17) is 0 Å². The summed E-state index contributed by atoms with van der Waals surface area (Å²) in [4.78, 5) is 0. The Morgan fingerprint density at radius 2 is 2.00 bits per heavy atom. The molecule has 17 heavy (non-hydrogen) atoms. The maximum atomic E-state index is 9.32. The lowest BCUT2D eigenvalue weighted by Gasteiger charge is -2.08. The van der Waals surface area contributed by atoms with Gasteiger partial charge in [-0.1, -0.05) is 30.3 Å². The van der Waals surface area contributed by atoms with Gasteiger partial charge in [0.05, 0.1) is 19.3 Å². The highest BCUT2D eigenvalue weighted by molar-refractivity contribution is 5.26. The molecule has 0 saturated heterocycles. The van der Waals surface area contributed by atoms with Crippen LogP contribution in [-0.4, -0.2) is 14.9 Å². The van der Waals surface area contributed by atoms with Crippen LogP contribution in [0.25, 0.3) is 0 Å². The van der Waals surface area contributed by atoms with Crippen LogP contribution in [0.15, 0.2) is 36.5 Å². The van der Waals surface area contributed by atoms with Crippen molar-refractivity contribution in [1.29, 1.82) is 0 Å². The van der Waals surface area contributed by atoms with Crippen molar-refractivity contribution in [2.45, 2.75) is 31.9 Å². The van der Waals surface area contributed by atoms with Crippen molar-refractivity contribution in [2.24, 2.45) is 0 Å². The third kappa shape index (κ3) is 2.11. The van der Waals surface area contributed by atoms with Crippen LogP contribution in [0.5, 0.6) is 0 Å². The average Bonchev–Trinajstić information content (AvgIpc) is 3.13. The molecule has 2 aromatic rings. The SMILES string of the molecule is OCc1cnn(Cc2ccccc2)c1C1CC1. The number of rotatable bonds is 4. The summed E-state index contributed by atoms with van der Waals surface area (Å²) in [5, 5.41) is 13.7. The van der Waals surface area contributed by atoms with Crippen molar-refractivity contribution in [1.82, 2.24) is 9.78 Å². The number of hydrogen-bond donors (Lipinski definition) is 1. The number of aromatic nitrogens is 2. The second-order valence-corrected chi connectivity index (χ2v) is 4.63. The van der Waals surface area contributed by atoms with Gasteiger partial charge in [0.1, 0.15) is 0 Å². The van der Waals surface area contributed by atoms with Crippen molar-refractivity contribution >= 4 is 0 Å². The first kappa shape index (κ1) is 10.5. The van der Waals surface area contributed by atoms with Gasteiger partial charge in [-0.2, -0.15) is 5.10 Å². The van der Waals surface area contributed by atoms with Crippen LogP contribution in [-0.2, 0) is 13.2 Å². The molecule has 0 unspecified atom stereocenters. The van der Waals surface area contributed by atoms with E-state index in [1.807, 2.05) is 22.9 Å². The number of aliphatic hydroxyl groups excluding tert-OH is 1. The van der Waals surface area contributed by atoms with Crippen LogP contribution in [0, 0.1) is 0 Å². The molecule has 3 heteroatoms. The minimum Gasteiger partial charge on any atom is -0.392 e. The molecule has 0 spiro atoms. The fourth-order valence-electron chi connectivity index (χ4n) is 2.27. The third-order valence-corrected chi connectivity index (χ3v) is 3.27. The first-order chi connectivity index (χ1) is 8.38. The predicted molar refractivity (Wildman–Crippen MR) is 65.7 cm³/mol. The van der Waals surface area contributed by atoms with E-state index < -0.39 is 0 Å². The third-order valence-electron chi connectivity index (χ3n) is 3.27. The molecule has 0 atom stereocenters. The Bertz CT molecular complexity index is 500. The molecule has 0 radical (unpaired) electrons. The lowest BCUT2D eigenvalue weighted by atomic mass is 10.1. The lowest BCUT2D eigenvalue weighted by Crippen LogP contribution is -2.06. The second-order valence-electron chi connectivity index (χ2n) is 4.63. The smallest absolute Gasteiger partial charge is 0.0715 e. The van der Waals surface area contributed by atoms with Crippen molar-refractivity contribution in [3.05, 3.63) is 53.3 Å². The Hall–Kier alpha value is -1.61. The number of benzene rings is 1. The minimum absolute atomic E-state index is 0.0978. The van der Waals surface area contributed by atoms with Crippen LogP contribution in [0.4, 0.5) is 0 Å². The summed E-state index contributed by atoms with van der Waals surface area (Å²) in [5.74, 6) is 0.614. The van der Waals surface area contributed by atoms with Gasteiger partial charge in [-0.25, -0.2) is 0 Å². The van der Waals surface area contributed by atoms with Gasteiger partial charge in [0.2, 0.25) is 0 Å². The normalized spacial score (nSPS) is 15.1. The largest absolute Gasteiger partial charge is 0.392 e. The lowest BCUT2D eigenvalue weighted by molar-refractivity contribution is 0.280. The summed E-state index contributed by atoms with van der Waals surface area (Å²) < 4.78 is 2.04. The van der Waals surface area contributed by atoms with Crippen LogP contribution in [0.1, 0.15) is 35.6 Å². The van der Waals surface area contributed by atoms with E-state index >= 15 is 0 Å². The minimum atomic E-state index is 0.0978. The maximum Gasteiger partial charge on any atom is 0.0715 e. The first-order valence-electron chi connectivity index (χ1n) is 6.08. The molecule has 1 aliphatic carbocycles. The molecule has 3 nitrogen and oxygen atoms in total. The van der Waals surface area contributed by atoms with E-state index in [0.29, 0.717) is 5.92 Å². The van der Waals surface area contributed by atoms with Crippen LogP contribution in [0.3, 0.4) is 0 Å². The predicted octanol–water partition coefficient (Wildman–Crippen LogP) is 2.30. The molecule has 0 bridgehead atoms. The standard InChI is InChI=1S/C14H16N2O/c17-10-13-8-15-16(14(13)12-6-7-12)9-11-4-2-1-3-5-11/h1-5,8,12,17H,6-7,9-10H2. The second kappa shape index (κ2) is 4.34. The topological polar surface area (TPSA) is 38.1 Å². The van der Waals surface area contributed by atoms with Gasteiger partial charge in [0.25, 0.3) is 0 Å². The molecular formula is C14H16N2O. The Morgan fingerprint density at radius 1 is 1.24 bits per heavy atom. The maximum absolute atomic E-state index is 9.32.